The van der Waals surface area contributed by atoms with E-state index in [9.17, 15) is 4.79 Å². The molecule has 0 aliphatic carbocycles. The standard InChI is InChI=1S/C14H14ClN3O4/c1-20-10-5-4-8(6-9(10)15)18-12(19)11-13(21-2)16-7-17-14(11)22-3/h4-7H,1-3H3,(H,18,19). The van der Waals surface area contributed by atoms with Gasteiger partial charge in [-0.2, -0.15) is 0 Å². The van der Waals surface area contributed by atoms with E-state index < -0.39 is 5.91 Å². The number of amides is 1. The summed E-state index contributed by atoms with van der Waals surface area (Å²) in [6.07, 6.45) is 1.25. The minimum atomic E-state index is -0.476. The maximum Gasteiger partial charge on any atom is 0.266 e. The third-order valence-electron chi connectivity index (χ3n) is 2.80. The normalized spacial score (nSPS) is 10.0. The number of carbonyl (C=O) groups excluding carboxylic acids is 1. The lowest BCUT2D eigenvalue weighted by atomic mass is 10.2. The van der Waals surface area contributed by atoms with Gasteiger partial charge in [-0.05, 0) is 18.2 Å². The van der Waals surface area contributed by atoms with Gasteiger partial charge in [0.15, 0.2) is 5.56 Å². The van der Waals surface area contributed by atoms with Gasteiger partial charge >= 0.3 is 0 Å². The summed E-state index contributed by atoms with van der Waals surface area (Å²) >= 11 is 6.03. The molecule has 0 radical (unpaired) electrons. The summed E-state index contributed by atoms with van der Waals surface area (Å²) in [5.41, 5.74) is 0.586. The third-order valence-corrected chi connectivity index (χ3v) is 3.10. The number of carbonyl (C=O) groups is 1. The summed E-state index contributed by atoms with van der Waals surface area (Å²) in [6.45, 7) is 0. The molecule has 0 aliphatic heterocycles. The molecular weight excluding hydrogens is 310 g/mol. The summed E-state index contributed by atoms with van der Waals surface area (Å²) in [7, 11) is 4.32. The van der Waals surface area contributed by atoms with Crippen LogP contribution in [0.25, 0.3) is 0 Å². The highest BCUT2D eigenvalue weighted by Gasteiger charge is 2.21. The Morgan fingerprint density at radius 1 is 1.09 bits per heavy atom. The van der Waals surface area contributed by atoms with Crippen molar-refractivity contribution in [2.75, 3.05) is 26.6 Å². The van der Waals surface area contributed by atoms with Crippen molar-refractivity contribution in [1.29, 1.82) is 0 Å². The van der Waals surface area contributed by atoms with E-state index in [4.69, 9.17) is 25.8 Å². The van der Waals surface area contributed by atoms with Crippen molar-refractivity contribution in [2.45, 2.75) is 0 Å². The van der Waals surface area contributed by atoms with E-state index >= 15 is 0 Å². The molecule has 116 valence electrons. The average molecular weight is 324 g/mol. The molecule has 1 amide bonds. The smallest absolute Gasteiger partial charge is 0.266 e. The minimum absolute atomic E-state index is 0.0967. The first kappa shape index (κ1) is 15.8. The Morgan fingerprint density at radius 3 is 2.23 bits per heavy atom. The number of ether oxygens (including phenoxy) is 3. The fourth-order valence-electron chi connectivity index (χ4n) is 1.80. The number of anilines is 1. The van der Waals surface area contributed by atoms with Crippen molar-refractivity contribution < 1.29 is 19.0 Å². The lowest BCUT2D eigenvalue weighted by molar-refractivity contribution is 0.101. The molecule has 1 aromatic carbocycles. The van der Waals surface area contributed by atoms with E-state index in [2.05, 4.69) is 15.3 Å². The summed E-state index contributed by atoms with van der Waals surface area (Å²) in [4.78, 5) is 20.2. The molecule has 0 atom stereocenters. The molecule has 22 heavy (non-hydrogen) atoms. The highest BCUT2D eigenvalue weighted by molar-refractivity contribution is 6.32. The van der Waals surface area contributed by atoms with Crippen LogP contribution >= 0.6 is 11.6 Å². The Labute approximate surface area is 132 Å². The van der Waals surface area contributed by atoms with Gasteiger partial charge in [0, 0.05) is 5.69 Å². The van der Waals surface area contributed by atoms with Crippen molar-refractivity contribution in [1.82, 2.24) is 9.97 Å². The average Bonchev–Trinajstić information content (AvgIpc) is 2.54. The maximum atomic E-state index is 12.4. The lowest BCUT2D eigenvalue weighted by Crippen LogP contribution is -2.16. The van der Waals surface area contributed by atoms with Crippen LogP contribution in [0.1, 0.15) is 10.4 Å². The molecule has 8 heteroatoms. The number of methoxy groups -OCH3 is 3. The predicted molar refractivity (Wildman–Crippen MR) is 81.1 cm³/mol. The van der Waals surface area contributed by atoms with Crippen LogP contribution in [0.5, 0.6) is 17.5 Å². The van der Waals surface area contributed by atoms with Gasteiger partial charge in [-0.25, -0.2) is 9.97 Å². The number of hydrogen-bond donors (Lipinski definition) is 1. The Bertz CT molecular complexity index is 672. The molecule has 1 heterocycles. The number of aromatic nitrogens is 2. The molecular formula is C14H14ClN3O4. The van der Waals surface area contributed by atoms with Crippen molar-refractivity contribution >= 4 is 23.2 Å². The van der Waals surface area contributed by atoms with Crippen molar-refractivity contribution in [3.8, 4) is 17.5 Å². The highest BCUT2D eigenvalue weighted by Crippen LogP contribution is 2.29. The Kier molecular flexibility index (Phi) is 5.00. The zero-order valence-corrected chi connectivity index (χ0v) is 13.0. The number of nitrogens with one attached hydrogen (secondary N) is 1. The van der Waals surface area contributed by atoms with Gasteiger partial charge in [0.1, 0.15) is 12.1 Å². The van der Waals surface area contributed by atoms with Crippen LogP contribution in [0.3, 0.4) is 0 Å². The van der Waals surface area contributed by atoms with Gasteiger partial charge in [-0.3, -0.25) is 4.79 Å². The first-order chi connectivity index (χ1) is 10.6. The topological polar surface area (TPSA) is 82.6 Å². The van der Waals surface area contributed by atoms with Gasteiger partial charge < -0.3 is 19.5 Å². The largest absolute Gasteiger partial charge is 0.495 e. The fourth-order valence-corrected chi connectivity index (χ4v) is 2.05. The van der Waals surface area contributed by atoms with E-state index in [0.29, 0.717) is 16.5 Å². The van der Waals surface area contributed by atoms with E-state index in [0.717, 1.165) is 0 Å². The van der Waals surface area contributed by atoms with Crippen molar-refractivity contribution in [2.24, 2.45) is 0 Å². The maximum absolute atomic E-state index is 12.4. The number of halogens is 1. The van der Waals surface area contributed by atoms with Crippen molar-refractivity contribution in [3.63, 3.8) is 0 Å². The molecule has 0 saturated carbocycles. The van der Waals surface area contributed by atoms with Crippen LogP contribution in [0.4, 0.5) is 5.69 Å². The van der Waals surface area contributed by atoms with Crippen LogP contribution in [0, 0.1) is 0 Å². The third kappa shape index (κ3) is 3.20. The monoisotopic (exact) mass is 323 g/mol. The van der Waals surface area contributed by atoms with E-state index in [1.165, 1.54) is 27.7 Å². The zero-order valence-electron chi connectivity index (χ0n) is 12.2. The van der Waals surface area contributed by atoms with Crippen LogP contribution in [0.2, 0.25) is 5.02 Å². The van der Waals surface area contributed by atoms with Gasteiger partial charge in [-0.15, -0.1) is 0 Å². The Morgan fingerprint density at radius 2 is 1.73 bits per heavy atom. The predicted octanol–water partition coefficient (Wildman–Crippen LogP) is 2.41. The lowest BCUT2D eigenvalue weighted by Gasteiger charge is -2.11. The van der Waals surface area contributed by atoms with Gasteiger partial charge in [0.05, 0.1) is 26.4 Å². The van der Waals surface area contributed by atoms with Crippen LogP contribution in [0.15, 0.2) is 24.5 Å². The molecule has 0 spiro atoms. The molecule has 0 aliphatic rings. The molecule has 2 aromatic rings. The summed E-state index contributed by atoms with van der Waals surface area (Å²) in [5.74, 6) is 0.265. The van der Waals surface area contributed by atoms with E-state index in [-0.39, 0.29) is 17.3 Å². The summed E-state index contributed by atoms with van der Waals surface area (Å²) in [5, 5.41) is 3.06. The molecule has 1 N–H and O–H groups in total. The second kappa shape index (κ2) is 6.95. The SMILES string of the molecule is COc1ccc(NC(=O)c2c(OC)ncnc2OC)cc1Cl. The van der Waals surface area contributed by atoms with Gasteiger partial charge in [-0.1, -0.05) is 11.6 Å². The molecule has 0 saturated heterocycles. The van der Waals surface area contributed by atoms with Gasteiger partial charge in [0.25, 0.3) is 5.91 Å². The quantitative estimate of drug-likeness (QED) is 0.909. The first-order valence-electron chi connectivity index (χ1n) is 6.18. The number of nitrogens with zero attached hydrogens (tertiary/aromatic N) is 2. The zero-order chi connectivity index (χ0) is 16.1. The number of benzene rings is 1. The summed E-state index contributed by atoms with van der Waals surface area (Å²) < 4.78 is 15.2. The van der Waals surface area contributed by atoms with Crippen LogP contribution in [-0.4, -0.2) is 37.2 Å². The second-order valence-corrected chi connectivity index (χ2v) is 4.48. The van der Waals surface area contributed by atoms with Gasteiger partial charge in [0.2, 0.25) is 11.8 Å². The molecule has 0 fully saturated rings. The number of rotatable bonds is 5. The highest BCUT2D eigenvalue weighted by atomic mass is 35.5. The summed E-state index contributed by atoms with van der Waals surface area (Å²) in [6, 6.07) is 4.88. The number of hydrogen-bond acceptors (Lipinski definition) is 6. The van der Waals surface area contributed by atoms with Crippen molar-refractivity contribution in [3.05, 3.63) is 35.1 Å². The molecule has 0 bridgehead atoms. The molecule has 0 unspecified atom stereocenters. The van der Waals surface area contributed by atoms with Crippen LogP contribution < -0.4 is 19.5 Å². The fraction of sp³-hybridized carbons (Fsp3) is 0.214. The molecule has 7 nitrogen and oxygen atoms in total. The van der Waals surface area contributed by atoms with E-state index in [1.54, 1.807) is 18.2 Å². The second-order valence-electron chi connectivity index (χ2n) is 4.07. The molecule has 1 aromatic heterocycles. The van der Waals surface area contributed by atoms with E-state index in [1.807, 2.05) is 0 Å². The van der Waals surface area contributed by atoms with Crippen LogP contribution in [-0.2, 0) is 0 Å². The molecule has 2 rings (SSSR count). The Hall–Kier alpha value is -2.54. The Balaban J connectivity index is 2.31. The first-order valence-corrected chi connectivity index (χ1v) is 6.56. The minimum Gasteiger partial charge on any atom is -0.495 e.